The molecule has 3 saturated heterocycles. The number of carbonyl (C=O) groups excluding carboxylic acids is 1. The molecule has 0 spiro atoms. The molecule has 20 heavy (non-hydrogen) atoms. The maximum absolute atomic E-state index is 12.5. The van der Waals surface area contributed by atoms with E-state index in [1.165, 1.54) is 24.3 Å². The lowest BCUT2D eigenvalue weighted by atomic mass is 9.91. The molecular weight excluding hydrogens is 272 g/mol. The van der Waals surface area contributed by atoms with Gasteiger partial charge in [-0.25, -0.2) is 0 Å². The van der Waals surface area contributed by atoms with Crippen LogP contribution in [0.4, 0.5) is 0 Å². The third-order valence-electron chi connectivity index (χ3n) is 5.47. The Kier molecular flexibility index (Phi) is 4.04. The Labute approximate surface area is 123 Å². The minimum absolute atomic E-state index is 0.0497. The van der Waals surface area contributed by atoms with Crippen LogP contribution in [0.25, 0.3) is 0 Å². The number of carbonyl (C=O) groups is 1. The van der Waals surface area contributed by atoms with Crippen LogP contribution in [0.2, 0.25) is 0 Å². The van der Waals surface area contributed by atoms with Gasteiger partial charge >= 0.3 is 5.97 Å². The highest BCUT2D eigenvalue weighted by atomic mass is 32.3. The summed E-state index contributed by atoms with van der Waals surface area (Å²) in [6.45, 7) is 0. The van der Waals surface area contributed by atoms with Crippen molar-refractivity contribution in [2.45, 2.75) is 63.0 Å². The van der Waals surface area contributed by atoms with E-state index in [0.29, 0.717) is 5.92 Å². The van der Waals surface area contributed by atoms with Crippen LogP contribution in [0.5, 0.6) is 0 Å². The number of nitrogens with two attached hydrogens (primary N) is 2. The molecule has 4 fully saturated rings. The summed E-state index contributed by atoms with van der Waals surface area (Å²) in [5.74, 6) is 3.63. The molecule has 0 aromatic rings. The van der Waals surface area contributed by atoms with Crippen molar-refractivity contribution in [1.29, 1.82) is 0 Å². The van der Waals surface area contributed by atoms with Crippen LogP contribution < -0.4 is 10.9 Å². The summed E-state index contributed by atoms with van der Waals surface area (Å²) in [5, 5.41) is 6.46. The van der Waals surface area contributed by atoms with Gasteiger partial charge in [0.15, 0.2) is 0 Å². The zero-order valence-electron chi connectivity index (χ0n) is 12.3. The summed E-state index contributed by atoms with van der Waals surface area (Å²) in [4.78, 5) is 12.5. The lowest BCUT2D eigenvalue weighted by Gasteiger charge is -2.52. The lowest BCUT2D eigenvalue weighted by molar-refractivity contribution is -0.158. The Bertz CT molecular complexity index is 372. The second kappa shape index (κ2) is 5.50. The van der Waals surface area contributed by atoms with Crippen LogP contribution in [0.3, 0.4) is 0 Å². The second-order valence-electron chi connectivity index (χ2n) is 7.04. The molecule has 3 heterocycles. The highest BCUT2D eigenvalue weighted by Crippen LogP contribution is 2.54. The molecule has 4 N–H and O–H groups in total. The first-order valence-corrected chi connectivity index (χ1v) is 10.3. The average Bonchev–Trinajstić information content (AvgIpc) is 2.65. The van der Waals surface area contributed by atoms with Crippen molar-refractivity contribution in [3.63, 3.8) is 0 Å². The molecule has 1 saturated carbocycles. The van der Waals surface area contributed by atoms with Gasteiger partial charge in [0.1, 0.15) is 11.6 Å². The van der Waals surface area contributed by atoms with Gasteiger partial charge in [-0.15, -0.1) is 0 Å². The molecule has 1 aliphatic carbocycles. The Hall–Kier alpha value is -0.260. The third kappa shape index (κ3) is 2.85. The van der Waals surface area contributed by atoms with E-state index in [1.54, 1.807) is 0 Å². The lowest BCUT2D eigenvalue weighted by Crippen LogP contribution is -2.53. The maximum Gasteiger partial charge on any atom is 0.326 e. The number of hydrogen-bond acceptors (Lipinski definition) is 4. The van der Waals surface area contributed by atoms with Crippen LogP contribution in [0.15, 0.2) is 0 Å². The van der Waals surface area contributed by atoms with E-state index in [1.807, 2.05) is 0 Å². The topological polar surface area (TPSA) is 78.3 Å². The second-order valence-corrected chi connectivity index (χ2v) is 10.4. The Morgan fingerprint density at radius 2 is 1.70 bits per heavy atom. The first-order chi connectivity index (χ1) is 9.51. The first kappa shape index (κ1) is 14.7. The van der Waals surface area contributed by atoms with Gasteiger partial charge in [-0.3, -0.25) is 9.93 Å². The fourth-order valence-corrected chi connectivity index (χ4v) is 7.05. The van der Waals surface area contributed by atoms with Crippen LogP contribution in [0.1, 0.15) is 51.4 Å². The number of ether oxygens (including phenoxy) is 1. The van der Waals surface area contributed by atoms with Crippen molar-refractivity contribution >= 4 is 16.2 Å². The van der Waals surface area contributed by atoms with Gasteiger partial charge in [-0.1, -0.05) is 25.7 Å². The number of esters is 1. The van der Waals surface area contributed by atoms with E-state index in [9.17, 15) is 4.79 Å². The highest BCUT2D eigenvalue weighted by Gasteiger charge is 2.45. The van der Waals surface area contributed by atoms with Gasteiger partial charge in [0.05, 0.1) is 0 Å². The first-order valence-electron chi connectivity index (χ1n) is 8.05. The Balaban J connectivity index is 1.63. The Morgan fingerprint density at radius 3 is 2.25 bits per heavy atom. The third-order valence-corrected chi connectivity index (χ3v) is 8.56. The molecule has 4 aliphatic rings. The van der Waals surface area contributed by atoms with Gasteiger partial charge in [-0.2, -0.15) is 10.2 Å². The zero-order chi connectivity index (χ0) is 14.2. The number of rotatable bonds is 2. The molecule has 3 aliphatic heterocycles. The van der Waals surface area contributed by atoms with Crippen LogP contribution in [-0.2, 0) is 9.53 Å². The van der Waals surface area contributed by atoms with E-state index < -0.39 is 15.8 Å². The Morgan fingerprint density at radius 1 is 1.10 bits per heavy atom. The summed E-state index contributed by atoms with van der Waals surface area (Å²) >= 11 is 0. The molecule has 0 radical (unpaired) electrons. The minimum atomic E-state index is -0.983. The van der Waals surface area contributed by atoms with E-state index in [4.69, 9.17) is 15.6 Å². The summed E-state index contributed by atoms with van der Waals surface area (Å²) < 4.78 is 5.87. The number of hydrogen-bond donors (Lipinski definition) is 2. The van der Waals surface area contributed by atoms with Gasteiger partial charge in [-0.05, 0) is 43.1 Å². The molecule has 1 unspecified atom stereocenters. The van der Waals surface area contributed by atoms with E-state index >= 15 is 0 Å². The maximum atomic E-state index is 12.5. The summed E-state index contributed by atoms with van der Waals surface area (Å²) in [5.41, 5.74) is 5.62. The molecular formula is C15H28N2O2S. The standard InChI is InChI=1S/C15H28N2O2S/c16-15(7-3-1-2-4-8-15)14(18)19-13-11-20(17)9-5-12(13)6-10-20/h12-13H,1-11,16-17H2. The smallest absolute Gasteiger partial charge is 0.326 e. The van der Waals surface area contributed by atoms with Crippen LogP contribution >= 0.6 is 10.2 Å². The quantitative estimate of drug-likeness (QED) is 0.604. The average molecular weight is 300 g/mol. The summed E-state index contributed by atoms with van der Waals surface area (Å²) in [7, 11) is -0.983. The zero-order valence-corrected chi connectivity index (χ0v) is 13.1. The molecule has 4 rings (SSSR count). The van der Waals surface area contributed by atoms with E-state index in [2.05, 4.69) is 0 Å². The van der Waals surface area contributed by atoms with Gasteiger partial charge in [0.2, 0.25) is 0 Å². The van der Waals surface area contributed by atoms with Gasteiger partial charge < -0.3 is 10.5 Å². The monoisotopic (exact) mass is 300 g/mol. The predicted molar refractivity (Wildman–Crippen MR) is 83.6 cm³/mol. The van der Waals surface area contributed by atoms with E-state index in [-0.39, 0.29) is 12.1 Å². The van der Waals surface area contributed by atoms with Crippen molar-refractivity contribution in [3.8, 4) is 0 Å². The van der Waals surface area contributed by atoms with Gasteiger partial charge in [0, 0.05) is 5.75 Å². The molecule has 5 heteroatoms. The van der Waals surface area contributed by atoms with Crippen molar-refractivity contribution in [2.75, 3.05) is 17.3 Å². The fourth-order valence-electron chi connectivity index (χ4n) is 3.97. The van der Waals surface area contributed by atoms with Crippen molar-refractivity contribution in [2.24, 2.45) is 16.8 Å². The molecule has 0 amide bonds. The molecule has 2 bridgehead atoms. The van der Waals surface area contributed by atoms with Crippen LogP contribution in [0, 0.1) is 5.92 Å². The number of fused-ring (bicyclic) bond motifs is 3. The predicted octanol–water partition coefficient (Wildman–Crippen LogP) is 2.05. The fraction of sp³-hybridized carbons (Fsp3) is 0.933. The molecule has 1 atom stereocenters. The molecule has 0 aromatic heterocycles. The summed E-state index contributed by atoms with van der Waals surface area (Å²) in [6, 6.07) is 0. The van der Waals surface area contributed by atoms with Crippen molar-refractivity contribution in [1.82, 2.24) is 0 Å². The normalized spacial score (nSPS) is 43.3. The minimum Gasteiger partial charge on any atom is -0.460 e. The van der Waals surface area contributed by atoms with Crippen molar-refractivity contribution < 1.29 is 9.53 Å². The van der Waals surface area contributed by atoms with E-state index in [0.717, 1.165) is 44.3 Å². The van der Waals surface area contributed by atoms with Crippen LogP contribution in [-0.4, -0.2) is 34.9 Å². The largest absolute Gasteiger partial charge is 0.460 e. The molecule has 0 aromatic carbocycles. The molecule has 4 nitrogen and oxygen atoms in total. The SMILES string of the molecule is NC1(C(=O)OC2CS3(N)CCC2CC3)CCCCCC1. The highest BCUT2D eigenvalue weighted by molar-refractivity contribution is 8.32. The summed E-state index contributed by atoms with van der Waals surface area (Å²) in [6.07, 6.45) is 8.37. The van der Waals surface area contributed by atoms with Crippen molar-refractivity contribution in [3.05, 3.63) is 0 Å². The molecule has 116 valence electrons. The van der Waals surface area contributed by atoms with Gasteiger partial charge in [0.25, 0.3) is 0 Å².